The third-order valence-electron chi connectivity index (χ3n) is 3.39. The topological polar surface area (TPSA) is 26.0 Å². The summed E-state index contributed by atoms with van der Waals surface area (Å²) in [7, 11) is 0. The van der Waals surface area contributed by atoms with Gasteiger partial charge in [-0.2, -0.15) is 0 Å². The maximum Gasteiger partial charge on any atom is 0.0449 e. The molecule has 0 spiro atoms. The lowest BCUT2D eigenvalue weighted by atomic mass is 9.89. The molecular formula is C16H17BrClN. The Labute approximate surface area is 127 Å². The van der Waals surface area contributed by atoms with Gasteiger partial charge in [0.15, 0.2) is 0 Å². The Morgan fingerprint density at radius 3 is 2.58 bits per heavy atom. The molecule has 0 aliphatic carbocycles. The molecule has 2 N–H and O–H groups in total. The SMILES string of the molecule is Cc1ccccc1C(CN)Cc1ccc(Br)cc1Cl. The Kier molecular flexibility index (Phi) is 5.03. The van der Waals surface area contributed by atoms with E-state index in [4.69, 9.17) is 17.3 Å². The second kappa shape index (κ2) is 6.56. The highest BCUT2D eigenvalue weighted by atomic mass is 79.9. The molecular weight excluding hydrogens is 322 g/mol. The Balaban J connectivity index is 2.27. The van der Waals surface area contributed by atoms with E-state index in [0.717, 1.165) is 21.5 Å². The van der Waals surface area contributed by atoms with Crippen LogP contribution in [-0.2, 0) is 6.42 Å². The van der Waals surface area contributed by atoms with Crippen LogP contribution < -0.4 is 5.73 Å². The van der Waals surface area contributed by atoms with E-state index in [1.165, 1.54) is 11.1 Å². The minimum absolute atomic E-state index is 0.305. The Bertz CT molecular complexity index is 568. The van der Waals surface area contributed by atoms with E-state index in [0.29, 0.717) is 12.5 Å². The summed E-state index contributed by atoms with van der Waals surface area (Å²) in [6.45, 7) is 2.75. The van der Waals surface area contributed by atoms with Crippen LogP contribution in [0.4, 0.5) is 0 Å². The van der Waals surface area contributed by atoms with Gasteiger partial charge in [0.2, 0.25) is 0 Å². The molecule has 1 atom stereocenters. The van der Waals surface area contributed by atoms with E-state index >= 15 is 0 Å². The maximum atomic E-state index is 6.29. The van der Waals surface area contributed by atoms with Crippen molar-refractivity contribution >= 4 is 27.5 Å². The van der Waals surface area contributed by atoms with Gasteiger partial charge in [-0.25, -0.2) is 0 Å². The maximum absolute atomic E-state index is 6.29. The normalized spacial score (nSPS) is 12.4. The molecule has 0 aliphatic rings. The third kappa shape index (κ3) is 3.59. The number of hydrogen-bond donors (Lipinski definition) is 1. The zero-order valence-corrected chi connectivity index (χ0v) is 13.2. The van der Waals surface area contributed by atoms with Crippen LogP contribution in [0.15, 0.2) is 46.9 Å². The first-order valence-corrected chi connectivity index (χ1v) is 7.48. The van der Waals surface area contributed by atoms with Crippen LogP contribution >= 0.6 is 27.5 Å². The van der Waals surface area contributed by atoms with Gasteiger partial charge in [0.05, 0.1) is 0 Å². The molecule has 100 valence electrons. The summed E-state index contributed by atoms with van der Waals surface area (Å²) in [6.07, 6.45) is 0.869. The first kappa shape index (κ1) is 14.6. The molecule has 0 aliphatic heterocycles. The second-order valence-corrected chi connectivity index (χ2v) is 6.05. The smallest absolute Gasteiger partial charge is 0.0449 e. The molecule has 0 amide bonds. The zero-order valence-electron chi connectivity index (χ0n) is 10.9. The Morgan fingerprint density at radius 1 is 1.21 bits per heavy atom. The van der Waals surface area contributed by atoms with Crippen molar-refractivity contribution in [1.82, 2.24) is 0 Å². The average Bonchev–Trinajstić information content (AvgIpc) is 2.39. The third-order valence-corrected chi connectivity index (χ3v) is 4.24. The molecule has 2 aromatic rings. The molecule has 0 aromatic heterocycles. The molecule has 3 heteroatoms. The summed E-state index contributed by atoms with van der Waals surface area (Å²) in [5.41, 5.74) is 9.68. The van der Waals surface area contributed by atoms with Gasteiger partial charge >= 0.3 is 0 Å². The van der Waals surface area contributed by atoms with Crippen molar-refractivity contribution in [2.45, 2.75) is 19.3 Å². The van der Waals surface area contributed by atoms with Crippen molar-refractivity contribution in [3.8, 4) is 0 Å². The van der Waals surface area contributed by atoms with Crippen molar-refractivity contribution in [3.63, 3.8) is 0 Å². The van der Waals surface area contributed by atoms with Crippen molar-refractivity contribution in [1.29, 1.82) is 0 Å². The molecule has 19 heavy (non-hydrogen) atoms. The summed E-state index contributed by atoms with van der Waals surface area (Å²) in [5.74, 6) is 0.305. The predicted molar refractivity (Wildman–Crippen MR) is 85.8 cm³/mol. The fourth-order valence-electron chi connectivity index (χ4n) is 2.32. The highest BCUT2D eigenvalue weighted by molar-refractivity contribution is 9.10. The van der Waals surface area contributed by atoms with Gasteiger partial charge in [-0.05, 0) is 48.7 Å². The Morgan fingerprint density at radius 2 is 1.95 bits per heavy atom. The van der Waals surface area contributed by atoms with Crippen molar-refractivity contribution < 1.29 is 0 Å². The molecule has 0 heterocycles. The first-order chi connectivity index (χ1) is 9.11. The van der Waals surface area contributed by atoms with E-state index in [-0.39, 0.29) is 0 Å². The summed E-state index contributed by atoms with van der Waals surface area (Å²) < 4.78 is 1.00. The van der Waals surface area contributed by atoms with Crippen LogP contribution in [0.3, 0.4) is 0 Å². The quantitative estimate of drug-likeness (QED) is 0.859. The fourth-order valence-corrected chi connectivity index (χ4v) is 3.07. The molecule has 2 aromatic carbocycles. The number of hydrogen-bond acceptors (Lipinski definition) is 1. The van der Waals surface area contributed by atoms with Gasteiger partial charge in [0, 0.05) is 15.4 Å². The van der Waals surface area contributed by atoms with Crippen LogP contribution in [0.2, 0.25) is 5.02 Å². The summed E-state index contributed by atoms with van der Waals surface area (Å²) in [4.78, 5) is 0. The minimum Gasteiger partial charge on any atom is -0.330 e. The second-order valence-electron chi connectivity index (χ2n) is 4.73. The van der Waals surface area contributed by atoms with Gasteiger partial charge in [0.25, 0.3) is 0 Å². The molecule has 1 nitrogen and oxygen atoms in total. The summed E-state index contributed by atoms with van der Waals surface area (Å²) >= 11 is 9.71. The molecule has 0 bridgehead atoms. The van der Waals surface area contributed by atoms with Gasteiger partial charge in [0.1, 0.15) is 0 Å². The van der Waals surface area contributed by atoms with E-state index in [2.05, 4.69) is 53.2 Å². The molecule has 2 rings (SSSR count). The highest BCUT2D eigenvalue weighted by Gasteiger charge is 2.14. The molecule has 0 fully saturated rings. The summed E-state index contributed by atoms with van der Waals surface area (Å²) in [5, 5.41) is 0.793. The lowest BCUT2D eigenvalue weighted by Gasteiger charge is -2.18. The highest BCUT2D eigenvalue weighted by Crippen LogP contribution is 2.28. The number of nitrogens with two attached hydrogens (primary N) is 1. The monoisotopic (exact) mass is 337 g/mol. The molecule has 1 unspecified atom stereocenters. The molecule has 0 saturated carbocycles. The molecule has 0 radical (unpaired) electrons. The average molecular weight is 339 g/mol. The zero-order chi connectivity index (χ0) is 13.8. The van der Waals surface area contributed by atoms with Gasteiger partial charge in [-0.3, -0.25) is 0 Å². The van der Waals surface area contributed by atoms with Gasteiger partial charge in [-0.15, -0.1) is 0 Å². The predicted octanol–water partition coefficient (Wildman–Crippen LogP) is 4.70. The van der Waals surface area contributed by atoms with Crippen molar-refractivity contribution in [2.75, 3.05) is 6.54 Å². The number of aryl methyl sites for hydroxylation is 1. The largest absolute Gasteiger partial charge is 0.330 e. The number of halogens is 2. The van der Waals surface area contributed by atoms with E-state index in [9.17, 15) is 0 Å². The van der Waals surface area contributed by atoms with Crippen molar-refractivity contribution in [2.24, 2.45) is 5.73 Å². The van der Waals surface area contributed by atoms with Crippen LogP contribution in [0.25, 0.3) is 0 Å². The summed E-state index contributed by atoms with van der Waals surface area (Å²) in [6, 6.07) is 14.4. The van der Waals surface area contributed by atoms with E-state index < -0.39 is 0 Å². The number of rotatable bonds is 4. The van der Waals surface area contributed by atoms with Crippen molar-refractivity contribution in [3.05, 3.63) is 68.7 Å². The van der Waals surface area contributed by atoms with Crippen LogP contribution in [-0.4, -0.2) is 6.54 Å². The first-order valence-electron chi connectivity index (χ1n) is 6.31. The van der Waals surface area contributed by atoms with E-state index in [1.54, 1.807) is 0 Å². The lowest BCUT2D eigenvalue weighted by Crippen LogP contribution is -2.16. The van der Waals surface area contributed by atoms with E-state index in [1.807, 2.05) is 12.1 Å². The molecule has 0 saturated heterocycles. The number of benzene rings is 2. The van der Waals surface area contributed by atoms with Gasteiger partial charge in [-0.1, -0.05) is 57.9 Å². The fraction of sp³-hybridized carbons (Fsp3) is 0.250. The minimum atomic E-state index is 0.305. The Hall–Kier alpha value is -0.830. The van der Waals surface area contributed by atoms with Crippen LogP contribution in [0.5, 0.6) is 0 Å². The lowest BCUT2D eigenvalue weighted by molar-refractivity contribution is 0.690. The standard InChI is InChI=1S/C16H17BrClN/c1-11-4-2-3-5-15(11)13(10-19)8-12-6-7-14(17)9-16(12)18/h2-7,9,13H,8,10,19H2,1H3. The van der Waals surface area contributed by atoms with Crippen LogP contribution in [0.1, 0.15) is 22.6 Å². The van der Waals surface area contributed by atoms with Crippen LogP contribution in [0, 0.1) is 6.92 Å². The van der Waals surface area contributed by atoms with Gasteiger partial charge < -0.3 is 5.73 Å².